The second kappa shape index (κ2) is 9.88. The fourth-order valence-electron chi connectivity index (χ4n) is 3.57. The van der Waals surface area contributed by atoms with Crippen LogP contribution in [0.3, 0.4) is 0 Å². The largest absolute Gasteiger partial charge is 0.507 e. The van der Waals surface area contributed by atoms with Gasteiger partial charge in [-0.05, 0) is 37.4 Å². The first-order valence-corrected chi connectivity index (χ1v) is 10.6. The Bertz CT molecular complexity index is 723. The standard InChI is InChI=1S/C21H29N3O2S/c1-3-23(4-2)18-8-7-17(20(25)14-18)15-22-16-19(21-6-5-13-27-21)24-9-11-26-12-10-24/h5-8,13-15,19,25H,3-4,9-12,16H2,1-2H3/p+1/t19-/m1/s1. The van der Waals surface area contributed by atoms with Crippen molar-refractivity contribution in [3.8, 4) is 5.75 Å². The Balaban J connectivity index is 1.70. The average Bonchev–Trinajstić information content (AvgIpc) is 3.23. The van der Waals surface area contributed by atoms with E-state index in [1.807, 2.05) is 18.3 Å². The highest BCUT2D eigenvalue weighted by atomic mass is 32.1. The van der Waals surface area contributed by atoms with Crippen LogP contribution < -0.4 is 9.80 Å². The van der Waals surface area contributed by atoms with E-state index in [9.17, 15) is 5.11 Å². The van der Waals surface area contributed by atoms with E-state index in [4.69, 9.17) is 9.73 Å². The third kappa shape index (κ3) is 5.09. The Morgan fingerprint density at radius 1 is 1.26 bits per heavy atom. The molecule has 1 aromatic heterocycles. The van der Waals surface area contributed by atoms with Crippen molar-refractivity contribution in [2.45, 2.75) is 19.9 Å². The number of nitrogens with one attached hydrogen (secondary N) is 1. The van der Waals surface area contributed by atoms with E-state index in [2.05, 4.69) is 42.3 Å². The summed E-state index contributed by atoms with van der Waals surface area (Å²) in [4.78, 5) is 9.81. The van der Waals surface area contributed by atoms with E-state index in [1.165, 1.54) is 9.78 Å². The van der Waals surface area contributed by atoms with Gasteiger partial charge in [-0.15, -0.1) is 11.3 Å². The molecule has 0 saturated carbocycles. The second-order valence-electron chi connectivity index (χ2n) is 6.75. The summed E-state index contributed by atoms with van der Waals surface area (Å²) in [5, 5.41) is 12.5. The van der Waals surface area contributed by atoms with Gasteiger partial charge < -0.3 is 19.6 Å². The Morgan fingerprint density at radius 2 is 2.04 bits per heavy atom. The number of aliphatic imine (C=N–C) groups is 1. The molecule has 1 aliphatic rings. The summed E-state index contributed by atoms with van der Waals surface area (Å²) >= 11 is 1.79. The number of aromatic hydroxyl groups is 1. The number of rotatable bonds is 8. The second-order valence-corrected chi connectivity index (χ2v) is 7.73. The van der Waals surface area contributed by atoms with Gasteiger partial charge in [0.25, 0.3) is 0 Å². The lowest BCUT2D eigenvalue weighted by Crippen LogP contribution is -3.14. The van der Waals surface area contributed by atoms with Gasteiger partial charge in [0.05, 0.1) is 24.6 Å². The van der Waals surface area contributed by atoms with Crippen molar-refractivity contribution in [2.75, 3.05) is 50.8 Å². The molecule has 27 heavy (non-hydrogen) atoms. The molecule has 1 atom stereocenters. The summed E-state index contributed by atoms with van der Waals surface area (Å²) in [5.41, 5.74) is 1.82. The monoisotopic (exact) mass is 388 g/mol. The molecular weight excluding hydrogens is 358 g/mol. The van der Waals surface area contributed by atoms with Gasteiger partial charge in [0.2, 0.25) is 0 Å². The van der Waals surface area contributed by atoms with Gasteiger partial charge in [-0.2, -0.15) is 0 Å². The summed E-state index contributed by atoms with van der Waals surface area (Å²) in [5.74, 6) is 0.287. The number of hydrogen-bond acceptors (Lipinski definition) is 5. The fourth-order valence-corrected chi connectivity index (χ4v) is 4.45. The summed E-state index contributed by atoms with van der Waals surface area (Å²) in [6.07, 6.45) is 1.81. The normalized spacial score (nSPS) is 16.7. The molecule has 1 aromatic carbocycles. The van der Waals surface area contributed by atoms with Gasteiger partial charge in [0.15, 0.2) is 0 Å². The number of benzene rings is 1. The molecule has 1 fully saturated rings. The molecule has 2 heterocycles. The van der Waals surface area contributed by atoms with Crippen molar-refractivity contribution < 1.29 is 14.7 Å². The van der Waals surface area contributed by atoms with Crippen molar-refractivity contribution in [1.82, 2.24) is 0 Å². The number of ether oxygens (including phenoxy) is 1. The molecule has 5 nitrogen and oxygen atoms in total. The minimum Gasteiger partial charge on any atom is -0.507 e. The molecule has 0 bridgehead atoms. The van der Waals surface area contributed by atoms with Gasteiger partial charge in [-0.3, -0.25) is 4.99 Å². The number of nitrogens with zero attached hydrogens (tertiary/aromatic N) is 2. The average molecular weight is 389 g/mol. The minimum atomic E-state index is 0.287. The molecule has 1 aliphatic heterocycles. The van der Waals surface area contributed by atoms with Gasteiger partial charge in [-0.25, -0.2) is 0 Å². The smallest absolute Gasteiger partial charge is 0.142 e. The number of thiophene rings is 1. The number of morpholine rings is 1. The predicted octanol–water partition coefficient (Wildman–Crippen LogP) is 2.38. The van der Waals surface area contributed by atoms with Crippen molar-refractivity contribution in [3.05, 3.63) is 46.2 Å². The molecule has 0 spiro atoms. The molecule has 0 aliphatic carbocycles. The third-order valence-corrected chi connectivity index (χ3v) is 6.16. The van der Waals surface area contributed by atoms with Crippen LogP contribution in [-0.2, 0) is 4.74 Å². The molecule has 0 radical (unpaired) electrons. The van der Waals surface area contributed by atoms with Crippen LogP contribution >= 0.6 is 11.3 Å². The maximum absolute atomic E-state index is 10.4. The molecule has 2 N–H and O–H groups in total. The van der Waals surface area contributed by atoms with E-state index in [1.54, 1.807) is 11.3 Å². The first-order chi connectivity index (χ1) is 13.2. The molecule has 0 unspecified atom stereocenters. The van der Waals surface area contributed by atoms with E-state index in [-0.39, 0.29) is 5.75 Å². The zero-order chi connectivity index (χ0) is 19.1. The molecular formula is C21H30N3O2S+. The predicted molar refractivity (Wildman–Crippen MR) is 113 cm³/mol. The molecule has 0 amide bonds. The number of hydrogen-bond donors (Lipinski definition) is 2. The zero-order valence-electron chi connectivity index (χ0n) is 16.2. The number of phenolic OH excluding ortho intramolecular Hbond substituents is 1. The van der Waals surface area contributed by atoms with Crippen molar-refractivity contribution in [3.63, 3.8) is 0 Å². The van der Waals surface area contributed by atoms with Crippen molar-refractivity contribution >= 4 is 23.2 Å². The van der Waals surface area contributed by atoms with Crippen molar-refractivity contribution in [1.29, 1.82) is 0 Å². The van der Waals surface area contributed by atoms with Crippen LogP contribution in [-0.4, -0.2) is 57.3 Å². The van der Waals surface area contributed by atoms with E-state index in [0.717, 1.165) is 50.6 Å². The molecule has 2 aromatic rings. The molecule has 146 valence electrons. The van der Waals surface area contributed by atoms with E-state index >= 15 is 0 Å². The Hall–Kier alpha value is -1.89. The Kier molecular flexibility index (Phi) is 7.26. The minimum absolute atomic E-state index is 0.287. The summed E-state index contributed by atoms with van der Waals surface area (Å²) in [6, 6.07) is 10.5. The van der Waals surface area contributed by atoms with Gasteiger partial charge in [-0.1, -0.05) is 6.07 Å². The van der Waals surface area contributed by atoms with Crippen LogP contribution in [0.5, 0.6) is 5.75 Å². The molecule has 1 saturated heterocycles. The third-order valence-electron chi connectivity index (χ3n) is 5.18. The van der Waals surface area contributed by atoms with Crippen molar-refractivity contribution in [2.24, 2.45) is 4.99 Å². The number of phenols is 1. The number of quaternary nitrogens is 1. The quantitative estimate of drug-likeness (QED) is 0.683. The SMILES string of the molecule is CCN(CC)c1ccc(C=NC[C@H](c2cccs2)[NH+]2CCOCC2)c(O)c1. The highest BCUT2D eigenvalue weighted by molar-refractivity contribution is 7.10. The first-order valence-electron chi connectivity index (χ1n) is 9.76. The Labute approximate surface area is 165 Å². The maximum atomic E-state index is 10.4. The summed E-state index contributed by atoms with van der Waals surface area (Å²) in [7, 11) is 0. The highest BCUT2D eigenvalue weighted by Crippen LogP contribution is 2.24. The first kappa shape index (κ1) is 19.9. The van der Waals surface area contributed by atoms with Gasteiger partial charge >= 0.3 is 0 Å². The van der Waals surface area contributed by atoms with Crippen LogP contribution in [0, 0.1) is 0 Å². The maximum Gasteiger partial charge on any atom is 0.142 e. The van der Waals surface area contributed by atoms with Crippen LogP contribution in [0.25, 0.3) is 0 Å². The lowest BCUT2D eigenvalue weighted by atomic mass is 10.1. The van der Waals surface area contributed by atoms with Crippen LogP contribution in [0.15, 0.2) is 40.7 Å². The highest BCUT2D eigenvalue weighted by Gasteiger charge is 2.26. The molecule has 3 rings (SSSR count). The van der Waals surface area contributed by atoms with Gasteiger partial charge in [0.1, 0.15) is 24.9 Å². The lowest BCUT2D eigenvalue weighted by Gasteiger charge is -2.30. The van der Waals surface area contributed by atoms with E-state index in [0.29, 0.717) is 12.6 Å². The topological polar surface area (TPSA) is 49.5 Å². The van der Waals surface area contributed by atoms with E-state index < -0.39 is 0 Å². The zero-order valence-corrected chi connectivity index (χ0v) is 17.0. The number of anilines is 1. The lowest BCUT2D eigenvalue weighted by molar-refractivity contribution is -0.937. The van der Waals surface area contributed by atoms with Crippen LogP contribution in [0.1, 0.15) is 30.3 Å². The van der Waals surface area contributed by atoms with Crippen LogP contribution in [0.4, 0.5) is 5.69 Å². The van der Waals surface area contributed by atoms with Gasteiger partial charge in [0, 0.05) is 36.6 Å². The summed E-state index contributed by atoms with van der Waals surface area (Å²) < 4.78 is 5.51. The fraction of sp³-hybridized carbons (Fsp3) is 0.476. The Morgan fingerprint density at radius 3 is 2.67 bits per heavy atom. The van der Waals surface area contributed by atoms with Crippen LogP contribution in [0.2, 0.25) is 0 Å². The summed E-state index contributed by atoms with van der Waals surface area (Å²) in [6.45, 7) is 10.5. The molecule has 6 heteroatoms.